The van der Waals surface area contributed by atoms with Crippen molar-refractivity contribution in [1.29, 1.82) is 0 Å². The largest absolute Gasteiger partial charge is 0.503 e. The average Bonchev–Trinajstić information content (AvgIpc) is 2.48. The average molecular weight is 292 g/mol. The van der Waals surface area contributed by atoms with Gasteiger partial charge in [0.1, 0.15) is 0 Å². The van der Waals surface area contributed by atoms with Crippen LogP contribution in [0.3, 0.4) is 0 Å². The van der Waals surface area contributed by atoms with E-state index in [1.165, 1.54) is 12.5 Å². The Morgan fingerprint density at radius 3 is 2.86 bits per heavy atom. The summed E-state index contributed by atoms with van der Waals surface area (Å²) in [5, 5.41) is 19.6. The first kappa shape index (κ1) is 15.8. The number of rotatable bonds is 5. The van der Waals surface area contributed by atoms with Crippen molar-refractivity contribution in [3.05, 3.63) is 40.3 Å². The summed E-state index contributed by atoms with van der Waals surface area (Å²) in [6.45, 7) is 7.59. The summed E-state index contributed by atoms with van der Waals surface area (Å²) in [5.74, 6) is -0.216. The van der Waals surface area contributed by atoms with Crippen molar-refractivity contribution in [3.63, 3.8) is 0 Å². The van der Waals surface area contributed by atoms with Crippen LogP contribution >= 0.6 is 0 Å². The number of hydrogen-bond acceptors (Lipinski definition) is 4. The summed E-state index contributed by atoms with van der Waals surface area (Å²) in [7, 11) is 0. The molecule has 5 nitrogen and oxygen atoms in total. The van der Waals surface area contributed by atoms with Gasteiger partial charge in [0, 0.05) is 30.9 Å². The van der Waals surface area contributed by atoms with Crippen LogP contribution in [0.15, 0.2) is 23.5 Å². The van der Waals surface area contributed by atoms with E-state index in [1.807, 2.05) is 0 Å². The molecular weight excluding hydrogens is 268 g/mol. The third-order valence-corrected chi connectivity index (χ3v) is 4.24. The zero-order chi connectivity index (χ0) is 15.4. The molecule has 1 saturated heterocycles. The monoisotopic (exact) mass is 292 g/mol. The maximum atomic E-state index is 11.9. The van der Waals surface area contributed by atoms with Crippen LogP contribution in [0.25, 0.3) is 0 Å². The van der Waals surface area contributed by atoms with Crippen molar-refractivity contribution in [2.24, 2.45) is 0 Å². The van der Waals surface area contributed by atoms with Gasteiger partial charge in [0.15, 0.2) is 5.75 Å². The number of aromatic nitrogens is 1. The molecule has 1 fully saturated rings. The second-order valence-corrected chi connectivity index (χ2v) is 5.67. The van der Waals surface area contributed by atoms with Gasteiger partial charge in [-0.2, -0.15) is 0 Å². The lowest BCUT2D eigenvalue weighted by atomic mass is 10.0. The number of aliphatic hydroxyl groups is 1. The number of piperidine rings is 1. The van der Waals surface area contributed by atoms with Crippen LogP contribution in [0, 0.1) is 0 Å². The molecule has 2 heterocycles. The fourth-order valence-electron chi connectivity index (χ4n) is 2.97. The van der Waals surface area contributed by atoms with Gasteiger partial charge in [0.25, 0.3) is 0 Å². The van der Waals surface area contributed by atoms with E-state index in [-0.39, 0.29) is 12.4 Å². The molecule has 0 aromatic carbocycles. The number of aromatic hydroxyl groups is 1. The summed E-state index contributed by atoms with van der Waals surface area (Å²) in [5.41, 5.74) is 0.650. The van der Waals surface area contributed by atoms with Gasteiger partial charge in [-0.05, 0) is 26.3 Å². The van der Waals surface area contributed by atoms with E-state index in [0.717, 1.165) is 19.4 Å². The topological polar surface area (TPSA) is 65.7 Å². The molecule has 0 bridgehead atoms. The van der Waals surface area contributed by atoms with Gasteiger partial charge in [0.05, 0.1) is 12.3 Å². The van der Waals surface area contributed by atoms with Gasteiger partial charge in [-0.25, -0.2) is 0 Å². The molecule has 116 valence electrons. The normalized spacial score (nSPS) is 19.6. The summed E-state index contributed by atoms with van der Waals surface area (Å²) < 4.78 is 1.78. The molecule has 2 rings (SSSR count). The van der Waals surface area contributed by atoms with Gasteiger partial charge >= 0.3 is 0 Å². The number of nitrogens with zero attached hydrogens (tertiary/aromatic N) is 2. The van der Waals surface area contributed by atoms with Crippen LogP contribution in [0.5, 0.6) is 5.75 Å². The summed E-state index contributed by atoms with van der Waals surface area (Å²) in [6.07, 6.45) is 5.19. The van der Waals surface area contributed by atoms with E-state index >= 15 is 0 Å². The highest BCUT2D eigenvalue weighted by Crippen LogP contribution is 2.23. The molecule has 0 radical (unpaired) electrons. The Balaban J connectivity index is 2.42. The molecule has 5 heteroatoms. The molecule has 0 amide bonds. The molecule has 0 spiro atoms. The van der Waals surface area contributed by atoms with Crippen LogP contribution in [-0.4, -0.2) is 32.3 Å². The fraction of sp³-hybridized carbons (Fsp3) is 0.562. The molecule has 0 saturated carbocycles. The van der Waals surface area contributed by atoms with Crippen LogP contribution < -0.4 is 5.43 Å². The molecule has 0 aliphatic carbocycles. The van der Waals surface area contributed by atoms with Crippen molar-refractivity contribution >= 4 is 0 Å². The van der Waals surface area contributed by atoms with E-state index in [2.05, 4.69) is 18.4 Å². The Morgan fingerprint density at radius 1 is 1.48 bits per heavy atom. The summed E-state index contributed by atoms with van der Waals surface area (Å²) >= 11 is 0. The maximum Gasteiger partial charge on any atom is 0.223 e. The SMILES string of the molecule is C=CCn1c(CO)cc(=O)c(O)c1CN1CCCCC1C. The van der Waals surface area contributed by atoms with Crippen molar-refractivity contribution in [2.45, 2.75) is 51.9 Å². The number of hydrogen-bond donors (Lipinski definition) is 2. The minimum Gasteiger partial charge on any atom is -0.503 e. The second-order valence-electron chi connectivity index (χ2n) is 5.67. The molecule has 1 unspecified atom stereocenters. The smallest absolute Gasteiger partial charge is 0.223 e. The zero-order valence-corrected chi connectivity index (χ0v) is 12.6. The quantitative estimate of drug-likeness (QED) is 0.809. The van der Waals surface area contributed by atoms with Gasteiger partial charge in [-0.1, -0.05) is 12.5 Å². The van der Waals surface area contributed by atoms with Gasteiger partial charge in [0.2, 0.25) is 5.43 Å². The van der Waals surface area contributed by atoms with Crippen molar-refractivity contribution in [3.8, 4) is 5.75 Å². The fourth-order valence-corrected chi connectivity index (χ4v) is 2.97. The number of aliphatic hydroxyl groups excluding tert-OH is 1. The first-order chi connectivity index (χ1) is 10.1. The number of likely N-dealkylation sites (tertiary alicyclic amines) is 1. The Hall–Kier alpha value is -1.59. The maximum absolute atomic E-state index is 11.9. The summed E-state index contributed by atoms with van der Waals surface area (Å²) in [4.78, 5) is 14.2. The predicted molar refractivity (Wildman–Crippen MR) is 82.2 cm³/mol. The Kier molecular flexibility index (Phi) is 5.20. The summed E-state index contributed by atoms with van der Waals surface area (Å²) in [6, 6.07) is 1.73. The Morgan fingerprint density at radius 2 is 2.24 bits per heavy atom. The lowest BCUT2D eigenvalue weighted by molar-refractivity contribution is 0.146. The Bertz CT molecular complexity index is 565. The van der Waals surface area contributed by atoms with Crippen LogP contribution in [0.2, 0.25) is 0 Å². The molecule has 1 aromatic rings. The van der Waals surface area contributed by atoms with E-state index < -0.39 is 5.43 Å². The number of pyridine rings is 1. The number of allylic oxidation sites excluding steroid dienone is 1. The first-order valence-corrected chi connectivity index (χ1v) is 7.48. The third-order valence-electron chi connectivity index (χ3n) is 4.24. The Labute approximate surface area is 125 Å². The molecule has 2 N–H and O–H groups in total. The highest BCUT2D eigenvalue weighted by Gasteiger charge is 2.22. The third kappa shape index (κ3) is 3.36. The molecular formula is C16H24N2O3. The second kappa shape index (κ2) is 6.91. The lowest BCUT2D eigenvalue weighted by Crippen LogP contribution is -2.38. The van der Waals surface area contributed by atoms with Crippen molar-refractivity contribution in [2.75, 3.05) is 6.54 Å². The first-order valence-electron chi connectivity index (χ1n) is 7.48. The van der Waals surface area contributed by atoms with Crippen LogP contribution in [0.4, 0.5) is 0 Å². The standard InChI is InChI=1S/C16H24N2O3/c1-3-7-18-13(11-19)9-15(20)16(21)14(18)10-17-8-5-4-6-12(17)2/h3,9,12,19,21H,1,4-8,10-11H2,2H3. The predicted octanol–water partition coefficient (Wildman–Crippen LogP) is 1.61. The molecule has 1 aliphatic heterocycles. The van der Waals surface area contributed by atoms with E-state index in [1.54, 1.807) is 10.6 Å². The van der Waals surface area contributed by atoms with Crippen LogP contribution in [-0.2, 0) is 19.7 Å². The molecule has 1 aliphatic rings. The highest BCUT2D eigenvalue weighted by atomic mass is 16.3. The van der Waals surface area contributed by atoms with Gasteiger partial charge in [-0.3, -0.25) is 9.69 Å². The minimum absolute atomic E-state index is 0.216. The highest BCUT2D eigenvalue weighted by molar-refractivity contribution is 5.30. The molecule has 1 atom stereocenters. The minimum atomic E-state index is -0.431. The van der Waals surface area contributed by atoms with Crippen molar-refractivity contribution in [1.82, 2.24) is 9.47 Å². The van der Waals surface area contributed by atoms with Crippen LogP contribution in [0.1, 0.15) is 37.6 Å². The zero-order valence-electron chi connectivity index (χ0n) is 12.6. The molecule has 1 aromatic heterocycles. The van der Waals surface area contributed by atoms with E-state index in [4.69, 9.17) is 0 Å². The van der Waals surface area contributed by atoms with E-state index in [9.17, 15) is 15.0 Å². The lowest BCUT2D eigenvalue weighted by Gasteiger charge is -2.34. The molecule has 21 heavy (non-hydrogen) atoms. The van der Waals surface area contributed by atoms with Crippen molar-refractivity contribution < 1.29 is 10.2 Å². The van der Waals surface area contributed by atoms with Gasteiger partial charge in [-0.15, -0.1) is 6.58 Å². The van der Waals surface area contributed by atoms with E-state index in [0.29, 0.717) is 30.5 Å². The van der Waals surface area contributed by atoms with Gasteiger partial charge < -0.3 is 14.8 Å².